The smallest absolute Gasteiger partial charge is 0.322 e. The molecule has 2 saturated heterocycles. The number of likely N-dealkylation sites (tertiary alicyclic amines) is 1. The van der Waals surface area contributed by atoms with Crippen LogP contribution in [0.5, 0.6) is 11.5 Å². The van der Waals surface area contributed by atoms with Crippen molar-refractivity contribution < 1.29 is 14.3 Å². The van der Waals surface area contributed by atoms with Gasteiger partial charge in [-0.15, -0.1) is 0 Å². The van der Waals surface area contributed by atoms with Crippen LogP contribution in [0.25, 0.3) is 0 Å². The van der Waals surface area contributed by atoms with Crippen LogP contribution < -0.4 is 19.7 Å². The van der Waals surface area contributed by atoms with Crippen LogP contribution in [0.2, 0.25) is 0 Å². The number of piperidine rings is 1. The maximum atomic E-state index is 13.0. The molecule has 166 valence electrons. The topological polar surface area (TPSA) is 57.3 Å². The van der Waals surface area contributed by atoms with Gasteiger partial charge in [-0.25, -0.2) is 4.79 Å². The van der Waals surface area contributed by atoms with Gasteiger partial charge < -0.3 is 24.6 Å². The molecule has 2 aliphatic rings. The molecule has 0 aliphatic carbocycles. The number of para-hydroxylation sites is 1. The number of urea groups is 1. The van der Waals surface area contributed by atoms with Crippen molar-refractivity contribution in [2.45, 2.75) is 18.9 Å². The van der Waals surface area contributed by atoms with Gasteiger partial charge >= 0.3 is 6.03 Å². The van der Waals surface area contributed by atoms with Crippen LogP contribution in [0.4, 0.5) is 16.2 Å². The Morgan fingerprint density at radius 1 is 0.968 bits per heavy atom. The van der Waals surface area contributed by atoms with Gasteiger partial charge in [0.1, 0.15) is 11.5 Å². The van der Waals surface area contributed by atoms with Gasteiger partial charge in [0.25, 0.3) is 0 Å². The molecule has 4 rings (SSSR count). The number of methoxy groups -OCH3 is 2. The molecular formula is C24H32N4O3. The van der Waals surface area contributed by atoms with Crippen LogP contribution >= 0.6 is 0 Å². The molecular weight excluding hydrogens is 392 g/mol. The Kier molecular flexibility index (Phi) is 6.82. The standard InChI is InChI=1S/C24H32N4O3/c1-30-21-10-11-22(23(17-21)31-2)25-24(29)28-12-6-9-20(18-28)27-15-13-26(14-16-27)19-7-4-3-5-8-19/h3-5,7-8,10-11,17,20H,6,9,12-16,18H2,1-2H3,(H,25,29). The van der Waals surface area contributed by atoms with Gasteiger partial charge in [0.05, 0.1) is 19.9 Å². The van der Waals surface area contributed by atoms with E-state index >= 15 is 0 Å². The first kappa shape index (κ1) is 21.3. The van der Waals surface area contributed by atoms with Crippen molar-refractivity contribution in [3.8, 4) is 11.5 Å². The van der Waals surface area contributed by atoms with Crippen LogP contribution in [-0.4, -0.2) is 75.4 Å². The molecule has 0 radical (unpaired) electrons. The molecule has 2 aliphatic heterocycles. The van der Waals surface area contributed by atoms with E-state index in [2.05, 4.69) is 45.4 Å². The number of carbonyl (C=O) groups excluding carboxylic acids is 1. The predicted octanol–water partition coefficient (Wildman–Crippen LogP) is 3.52. The second-order valence-electron chi connectivity index (χ2n) is 8.10. The first-order valence-corrected chi connectivity index (χ1v) is 11.0. The van der Waals surface area contributed by atoms with Crippen LogP contribution in [0.3, 0.4) is 0 Å². The molecule has 0 bridgehead atoms. The summed E-state index contributed by atoms with van der Waals surface area (Å²) in [7, 11) is 3.21. The van der Waals surface area contributed by atoms with E-state index in [4.69, 9.17) is 9.47 Å². The molecule has 2 aromatic carbocycles. The van der Waals surface area contributed by atoms with Gasteiger partial charge in [-0.2, -0.15) is 0 Å². The Balaban J connectivity index is 1.33. The normalized spacial score (nSPS) is 19.7. The number of amides is 2. The van der Waals surface area contributed by atoms with E-state index in [0.717, 1.165) is 52.1 Å². The fourth-order valence-corrected chi connectivity index (χ4v) is 4.52. The van der Waals surface area contributed by atoms with Crippen LogP contribution in [0.1, 0.15) is 12.8 Å². The number of nitrogens with zero attached hydrogens (tertiary/aromatic N) is 3. The van der Waals surface area contributed by atoms with Crippen molar-refractivity contribution in [3.63, 3.8) is 0 Å². The van der Waals surface area contributed by atoms with Crippen molar-refractivity contribution in [2.75, 3.05) is 63.7 Å². The summed E-state index contributed by atoms with van der Waals surface area (Å²) in [6, 6.07) is 16.4. The highest BCUT2D eigenvalue weighted by Crippen LogP contribution is 2.29. The molecule has 2 amide bonds. The lowest BCUT2D eigenvalue weighted by atomic mass is 10.0. The minimum Gasteiger partial charge on any atom is -0.497 e. The molecule has 2 aromatic rings. The molecule has 0 aromatic heterocycles. The maximum absolute atomic E-state index is 13.0. The number of ether oxygens (including phenoxy) is 2. The largest absolute Gasteiger partial charge is 0.497 e. The van der Waals surface area contributed by atoms with Crippen molar-refractivity contribution in [1.29, 1.82) is 0 Å². The second-order valence-corrected chi connectivity index (χ2v) is 8.10. The molecule has 0 spiro atoms. The van der Waals surface area contributed by atoms with Gasteiger partial charge in [-0.1, -0.05) is 18.2 Å². The SMILES string of the molecule is COc1ccc(NC(=O)N2CCCC(N3CCN(c4ccccc4)CC3)C2)c(OC)c1. The monoisotopic (exact) mass is 424 g/mol. The Hall–Kier alpha value is -2.93. The number of rotatable bonds is 5. The number of hydrogen-bond acceptors (Lipinski definition) is 5. The van der Waals surface area contributed by atoms with Gasteiger partial charge in [-0.05, 0) is 37.1 Å². The first-order valence-electron chi connectivity index (χ1n) is 11.0. The number of benzene rings is 2. The summed E-state index contributed by atoms with van der Waals surface area (Å²) in [6.07, 6.45) is 2.16. The molecule has 0 saturated carbocycles. The van der Waals surface area contributed by atoms with Crippen molar-refractivity contribution in [3.05, 3.63) is 48.5 Å². The fourth-order valence-electron chi connectivity index (χ4n) is 4.52. The minimum atomic E-state index is -0.0731. The number of nitrogens with one attached hydrogen (secondary N) is 1. The van der Waals surface area contributed by atoms with E-state index in [9.17, 15) is 4.79 Å². The van der Waals surface area contributed by atoms with Gasteiger partial charge in [0.2, 0.25) is 0 Å². The van der Waals surface area contributed by atoms with Crippen molar-refractivity contribution in [1.82, 2.24) is 9.80 Å². The molecule has 1 N–H and O–H groups in total. The van der Waals surface area contributed by atoms with Crippen molar-refractivity contribution in [2.24, 2.45) is 0 Å². The Morgan fingerprint density at radius 2 is 1.74 bits per heavy atom. The lowest BCUT2D eigenvalue weighted by Gasteiger charge is -2.43. The lowest BCUT2D eigenvalue weighted by Crippen LogP contribution is -2.56. The van der Waals surface area contributed by atoms with E-state index in [0.29, 0.717) is 23.2 Å². The van der Waals surface area contributed by atoms with E-state index < -0.39 is 0 Å². The average Bonchev–Trinajstić information content (AvgIpc) is 2.85. The number of carbonyl (C=O) groups is 1. The Morgan fingerprint density at radius 3 is 2.45 bits per heavy atom. The summed E-state index contributed by atoms with van der Waals surface area (Å²) in [5, 5.41) is 3.01. The molecule has 2 fully saturated rings. The fraction of sp³-hybridized carbons (Fsp3) is 0.458. The number of piperazine rings is 1. The van der Waals surface area contributed by atoms with Gasteiger partial charge in [0.15, 0.2) is 0 Å². The summed E-state index contributed by atoms with van der Waals surface area (Å²) >= 11 is 0. The third-order valence-electron chi connectivity index (χ3n) is 6.29. The van der Waals surface area contributed by atoms with Gasteiger partial charge in [0, 0.05) is 57.1 Å². The third kappa shape index (κ3) is 5.05. The third-order valence-corrected chi connectivity index (χ3v) is 6.29. The van der Waals surface area contributed by atoms with Gasteiger partial charge in [-0.3, -0.25) is 4.90 Å². The van der Waals surface area contributed by atoms with E-state index in [1.165, 1.54) is 5.69 Å². The van der Waals surface area contributed by atoms with E-state index in [1.54, 1.807) is 20.3 Å². The Labute approximate surface area is 184 Å². The molecule has 1 unspecified atom stereocenters. The predicted molar refractivity (Wildman–Crippen MR) is 123 cm³/mol. The van der Waals surface area contributed by atoms with E-state index in [1.807, 2.05) is 17.0 Å². The quantitative estimate of drug-likeness (QED) is 0.796. The highest BCUT2D eigenvalue weighted by molar-refractivity contribution is 5.91. The maximum Gasteiger partial charge on any atom is 0.322 e. The zero-order chi connectivity index (χ0) is 21.6. The summed E-state index contributed by atoms with van der Waals surface area (Å²) in [6.45, 7) is 5.65. The molecule has 7 nitrogen and oxygen atoms in total. The minimum absolute atomic E-state index is 0.0731. The number of anilines is 2. The molecule has 31 heavy (non-hydrogen) atoms. The van der Waals surface area contributed by atoms with Crippen LogP contribution in [-0.2, 0) is 0 Å². The lowest BCUT2D eigenvalue weighted by molar-refractivity contribution is 0.108. The summed E-state index contributed by atoms with van der Waals surface area (Å²) < 4.78 is 10.7. The molecule has 2 heterocycles. The summed E-state index contributed by atoms with van der Waals surface area (Å²) in [5.41, 5.74) is 1.95. The summed E-state index contributed by atoms with van der Waals surface area (Å²) in [5.74, 6) is 1.29. The van der Waals surface area contributed by atoms with Crippen molar-refractivity contribution >= 4 is 17.4 Å². The summed E-state index contributed by atoms with van der Waals surface area (Å²) in [4.78, 5) is 19.9. The number of hydrogen-bond donors (Lipinski definition) is 1. The zero-order valence-electron chi connectivity index (χ0n) is 18.4. The van der Waals surface area contributed by atoms with Crippen LogP contribution in [0, 0.1) is 0 Å². The Bertz CT molecular complexity index is 868. The second kappa shape index (κ2) is 9.92. The average molecular weight is 425 g/mol. The first-order chi connectivity index (χ1) is 15.2. The highest BCUT2D eigenvalue weighted by Gasteiger charge is 2.30. The zero-order valence-corrected chi connectivity index (χ0v) is 18.4. The highest BCUT2D eigenvalue weighted by atomic mass is 16.5. The molecule has 7 heteroatoms. The van der Waals surface area contributed by atoms with Crippen LogP contribution in [0.15, 0.2) is 48.5 Å². The molecule has 1 atom stereocenters. The van der Waals surface area contributed by atoms with E-state index in [-0.39, 0.29) is 6.03 Å².